The fourth-order valence-corrected chi connectivity index (χ4v) is 4.19. The van der Waals surface area contributed by atoms with Crippen LogP contribution in [0.5, 0.6) is 5.75 Å². The molecule has 3 aromatic carbocycles. The summed E-state index contributed by atoms with van der Waals surface area (Å²) in [5.74, 6) is -1.55. The topological polar surface area (TPSA) is 189 Å². The Hall–Kier alpha value is -5.46. The second-order valence-corrected chi connectivity index (χ2v) is 9.84. The summed E-state index contributed by atoms with van der Waals surface area (Å²) in [6.07, 6.45) is -1.57. The SMILES string of the molecule is CCCC[C@H](NC(=O)C(OC(N)=O)[C@@H](C)c1ccccc1)C(=O)Nc1ccc(COC(=O)Oc2ccc([N+](=O)[O-])cc2)cc1. The lowest BCUT2D eigenvalue weighted by molar-refractivity contribution is -0.384. The van der Waals surface area contributed by atoms with E-state index >= 15 is 0 Å². The molecule has 3 amide bonds. The number of rotatable bonds is 14. The number of ether oxygens (including phenoxy) is 3. The molecule has 0 saturated heterocycles. The number of benzene rings is 3. The molecule has 0 bridgehead atoms. The van der Waals surface area contributed by atoms with Crippen LogP contribution in [0.25, 0.3) is 0 Å². The van der Waals surface area contributed by atoms with Gasteiger partial charge in [0.1, 0.15) is 18.4 Å². The zero-order chi connectivity index (χ0) is 32.1. The van der Waals surface area contributed by atoms with E-state index in [9.17, 15) is 29.3 Å². The molecular weight excluding hydrogens is 572 g/mol. The van der Waals surface area contributed by atoms with Gasteiger partial charge in [-0.1, -0.05) is 69.2 Å². The van der Waals surface area contributed by atoms with E-state index in [4.69, 9.17) is 19.9 Å². The average molecular weight is 607 g/mol. The fourth-order valence-electron chi connectivity index (χ4n) is 4.19. The van der Waals surface area contributed by atoms with E-state index in [2.05, 4.69) is 10.6 Å². The van der Waals surface area contributed by atoms with Gasteiger partial charge in [-0.05, 0) is 41.8 Å². The molecule has 0 heterocycles. The van der Waals surface area contributed by atoms with Crippen molar-refractivity contribution in [3.05, 3.63) is 100 Å². The van der Waals surface area contributed by atoms with E-state index in [1.54, 1.807) is 55.5 Å². The van der Waals surface area contributed by atoms with Gasteiger partial charge in [-0.3, -0.25) is 19.7 Å². The first-order valence-electron chi connectivity index (χ1n) is 13.9. The smallest absolute Gasteiger partial charge is 0.436 e. The first-order valence-corrected chi connectivity index (χ1v) is 13.9. The second kappa shape index (κ2) is 16.2. The third kappa shape index (κ3) is 10.1. The number of nitrogens with one attached hydrogen (secondary N) is 2. The number of primary amides is 1. The Morgan fingerprint density at radius 1 is 0.932 bits per heavy atom. The minimum absolute atomic E-state index is 0.0883. The van der Waals surface area contributed by atoms with Crippen molar-refractivity contribution in [1.82, 2.24) is 5.32 Å². The maximum absolute atomic E-state index is 13.3. The summed E-state index contributed by atoms with van der Waals surface area (Å²) in [4.78, 5) is 60.2. The van der Waals surface area contributed by atoms with Crippen LogP contribution in [0.15, 0.2) is 78.9 Å². The van der Waals surface area contributed by atoms with Crippen LogP contribution in [0.3, 0.4) is 0 Å². The number of hydrogen-bond acceptors (Lipinski definition) is 9. The lowest BCUT2D eigenvalue weighted by Crippen LogP contribution is -2.50. The van der Waals surface area contributed by atoms with Crippen molar-refractivity contribution in [3.8, 4) is 5.75 Å². The van der Waals surface area contributed by atoms with Gasteiger partial charge in [0, 0.05) is 23.7 Å². The number of unbranched alkanes of at least 4 members (excludes halogenated alkanes) is 1. The zero-order valence-corrected chi connectivity index (χ0v) is 24.3. The van der Waals surface area contributed by atoms with Gasteiger partial charge in [0.05, 0.1) is 4.92 Å². The molecule has 0 radical (unpaired) electrons. The Labute approximate surface area is 253 Å². The van der Waals surface area contributed by atoms with Crippen LogP contribution in [0.4, 0.5) is 21.0 Å². The third-order valence-electron chi connectivity index (χ3n) is 6.59. The number of non-ortho nitro benzene ring substituents is 1. The second-order valence-electron chi connectivity index (χ2n) is 9.84. The Morgan fingerprint density at radius 3 is 2.18 bits per heavy atom. The summed E-state index contributed by atoms with van der Waals surface area (Å²) in [6.45, 7) is 3.55. The first-order chi connectivity index (χ1) is 21.1. The number of anilines is 1. The third-order valence-corrected chi connectivity index (χ3v) is 6.59. The summed E-state index contributed by atoms with van der Waals surface area (Å²) in [5, 5.41) is 16.2. The number of nitro groups is 1. The minimum Gasteiger partial charge on any atom is -0.436 e. The van der Waals surface area contributed by atoms with E-state index < -0.39 is 47.0 Å². The Balaban J connectivity index is 1.59. The van der Waals surface area contributed by atoms with Crippen molar-refractivity contribution < 1.29 is 38.3 Å². The highest BCUT2D eigenvalue weighted by molar-refractivity contribution is 5.98. The summed E-state index contributed by atoms with van der Waals surface area (Å²) >= 11 is 0. The van der Waals surface area contributed by atoms with Crippen molar-refractivity contribution in [1.29, 1.82) is 0 Å². The zero-order valence-electron chi connectivity index (χ0n) is 24.3. The molecule has 0 aliphatic rings. The highest BCUT2D eigenvalue weighted by Gasteiger charge is 2.32. The average Bonchev–Trinajstić information content (AvgIpc) is 3.01. The molecule has 0 aliphatic heterocycles. The number of nitrogens with two attached hydrogens (primary N) is 1. The summed E-state index contributed by atoms with van der Waals surface area (Å²) in [7, 11) is 0. The van der Waals surface area contributed by atoms with Crippen LogP contribution in [-0.4, -0.2) is 41.1 Å². The van der Waals surface area contributed by atoms with Gasteiger partial charge >= 0.3 is 12.2 Å². The molecule has 0 saturated carbocycles. The standard InChI is InChI=1S/C31H34N4O9/c1-3-4-10-26(34-29(37)27(44-30(32)38)20(2)22-8-6-5-7-9-22)28(36)33-23-13-11-21(12-14-23)19-42-31(39)43-25-17-15-24(16-18-25)35(40)41/h5-9,11-18,20,26-27H,3-4,10,19H2,1-2H3,(H2,32,38)(H,33,36)(H,34,37)/t20-,26-,27?/m0/s1. The molecule has 3 atom stereocenters. The molecule has 0 fully saturated rings. The lowest BCUT2D eigenvalue weighted by Gasteiger charge is -2.26. The van der Waals surface area contributed by atoms with Crippen molar-refractivity contribution in [2.45, 2.75) is 57.8 Å². The summed E-state index contributed by atoms with van der Waals surface area (Å²) in [6, 6.07) is 19.5. The van der Waals surface area contributed by atoms with Crippen molar-refractivity contribution in [2.75, 3.05) is 5.32 Å². The van der Waals surface area contributed by atoms with Crippen molar-refractivity contribution in [3.63, 3.8) is 0 Å². The molecule has 232 valence electrons. The number of hydrogen-bond donors (Lipinski definition) is 3. The van der Waals surface area contributed by atoms with Crippen LogP contribution in [-0.2, 0) is 25.7 Å². The molecule has 0 aliphatic carbocycles. The Kier molecular flexibility index (Phi) is 12.2. The van der Waals surface area contributed by atoms with Gasteiger partial charge in [0.2, 0.25) is 5.91 Å². The number of carbonyl (C=O) groups is 4. The van der Waals surface area contributed by atoms with E-state index in [1.165, 1.54) is 24.3 Å². The van der Waals surface area contributed by atoms with Crippen LogP contribution < -0.4 is 21.1 Å². The van der Waals surface area contributed by atoms with Crippen LogP contribution >= 0.6 is 0 Å². The fraction of sp³-hybridized carbons (Fsp3) is 0.290. The maximum atomic E-state index is 13.3. The molecule has 13 nitrogen and oxygen atoms in total. The Morgan fingerprint density at radius 2 is 1.59 bits per heavy atom. The first kappa shape index (κ1) is 33.0. The predicted octanol–water partition coefficient (Wildman–Crippen LogP) is 5.19. The predicted molar refractivity (Wildman–Crippen MR) is 160 cm³/mol. The number of amides is 3. The van der Waals surface area contributed by atoms with Gasteiger partial charge in [0.25, 0.3) is 11.6 Å². The molecule has 0 spiro atoms. The van der Waals surface area contributed by atoms with Gasteiger partial charge in [0.15, 0.2) is 6.10 Å². The van der Waals surface area contributed by atoms with E-state index in [0.717, 1.165) is 12.0 Å². The molecule has 0 aromatic heterocycles. The van der Waals surface area contributed by atoms with Gasteiger partial charge in [-0.25, -0.2) is 9.59 Å². The quantitative estimate of drug-likeness (QED) is 0.0959. The highest BCUT2D eigenvalue weighted by atomic mass is 16.7. The van der Waals surface area contributed by atoms with Crippen LogP contribution in [0, 0.1) is 10.1 Å². The molecule has 4 N–H and O–H groups in total. The molecule has 3 rings (SSSR count). The normalized spacial score (nSPS) is 12.6. The summed E-state index contributed by atoms with van der Waals surface area (Å²) in [5.41, 5.74) is 6.89. The molecule has 13 heteroatoms. The van der Waals surface area contributed by atoms with Crippen molar-refractivity contribution in [2.24, 2.45) is 5.73 Å². The van der Waals surface area contributed by atoms with E-state index in [1.807, 2.05) is 13.0 Å². The number of nitrogens with zero attached hydrogens (tertiary/aromatic N) is 1. The minimum atomic E-state index is -1.25. The van der Waals surface area contributed by atoms with E-state index in [-0.39, 0.29) is 18.0 Å². The van der Waals surface area contributed by atoms with Crippen LogP contribution in [0.1, 0.15) is 50.2 Å². The monoisotopic (exact) mass is 606 g/mol. The molecule has 1 unspecified atom stereocenters. The van der Waals surface area contributed by atoms with Crippen molar-refractivity contribution >= 4 is 35.4 Å². The molecule has 3 aromatic rings. The Bertz CT molecular complexity index is 1430. The van der Waals surface area contributed by atoms with E-state index in [0.29, 0.717) is 24.1 Å². The van der Waals surface area contributed by atoms with Gasteiger partial charge < -0.3 is 30.6 Å². The molecule has 44 heavy (non-hydrogen) atoms. The largest absolute Gasteiger partial charge is 0.514 e. The maximum Gasteiger partial charge on any atom is 0.514 e. The van der Waals surface area contributed by atoms with Gasteiger partial charge in [-0.2, -0.15) is 0 Å². The van der Waals surface area contributed by atoms with Gasteiger partial charge in [-0.15, -0.1) is 0 Å². The molecular formula is C31H34N4O9. The number of nitro benzene ring substituents is 1. The highest BCUT2D eigenvalue weighted by Crippen LogP contribution is 2.23. The summed E-state index contributed by atoms with van der Waals surface area (Å²) < 4.78 is 15.2. The van der Waals surface area contributed by atoms with Crippen LogP contribution in [0.2, 0.25) is 0 Å². The number of carbonyl (C=O) groups excluding carboxylic acids is 4. The lowest BCUT2D eigenvalue weighted by atomic mass is 9.94.